The number of carbonyl (C=O) groups excluding carboxylic acids is 2. The van der Waals surface area contributed by atoms with Crippen LogP contribution in [0, 0.1) is 0 Å². The summed E-state index contributed by atoms with van der Waals surface area (Å²) in [4.78, 5) is 31.1. The van der Waals surface area contributed by atoms with Crippen molar-refractivity contribution < 1.29 is 37.3 Å². The van der Waals surface area contributed by atoms with Gasteiger partial charge in [-0.1, -0.05) is 12.1 Å². The van der Waals surface area contributed by atoms with E-state index in [1.807, 2.05) is 0 Å². The van der Waals surface area contributed by atoms with Crippen molar-refractivity contribution in [2.75, 3.05) is 12.0 Å². The molecule has 4 rings (SSSR count). The first-order valence-corrected chi connectivity index (χ1v) is 9.91. The summed E-state index contributed by atoms with van der Waals surface area (Å²) in [5, 5.41) is 11.0. The molecule has 0 spiro atoms. The van der Waals surface area contributed by atoms with Crippen LogP contribution in [0.5, 0.6) is 11.5 Å². The summed E-state index contributed by atoms with van der Waals surface area (Å²) >= 11 is 0. The Morgan fingerprint density at radius 2 is 1.68 bits per heavy atom. The van der Waals surface area contributed by atoms with Crippen LogP contribution in [0.2, 0.25) is 0 Å². The largest absolute Gasteiger partial charge is 0.573 e. The molecule has 1 aromatic heterocycles. The van der Waals surface area contributed by atoms with Gasteiger partial charge < -0.3 is 14.6 Å². The summed E-state index contributed by atoms with van der Waals surface area (Å²) in [6.07, 6.45) is -2.04. The van der Waals surface area contributed by atoms with E-state index in [1.54, 1.807) is 24.3 Å². The number of ether oxygens (including phenoxy) is 2. The zero-order chi connectivity index (χ0) is 24.5. The molecule has 7 nitrogen and oxygen atoms in total. The minimum absolute atomic E-state index is 0.137. The number of pyridine rings is 1. The quantitative estimate of drug-likeness (QED) is 0.333. The van der Waals surface area contributed by atoms with Gasteiger partial charge in [-0.05, 0) is 54.1 Å². The molecule has 0 saturated carbocycles. The molecule has 1 amide bonds. The number of methoxy groups -OCH3 is 1. The molecule has 1 unspecified atom stereocenters. The van der Waals surface area contributed by atoms with Crippen LogP contribution in [0.4, 0.5) is 18.9 Å². The number of anilines is 1. The number of carbonyl (C=O) groups is 2. The van der Waals surface area contributed by atoms with E-state index in [2.05, 4.69) is 9.72 Å². The lowest BCUT2D eigenvalue weighted by atomic mass is 9.95. The molecule has 3 aromatic rings. The molecular formula is C24H17F3N2O5. The summed E-state index contributed by atoms with van der Waals surface area (Å²) in [5.74, 6) is -2.35. The maximum atomic E-state index is 13.1. The third-order valence-electron chi connectivity index (χ3n) is 5.16. The molecule has 1 atom stereocenters. The van der Waals surface area contributed by atoms with E-state index in [1.165, 1.54) is 43.8 Å². The van der Waals surface area contributed by atoms with E-state index < -0.39 is 35.6 Å². The fourth-order valence-electron chi connectivity index (χ4n) is 3.70. The van der Waals surface area contributed by atoms with Crippen LogP contribution in [0.15, 0.2) is 78.6 Å². The monoisotopic (exact) mass is 470 g/mol. The highest BCUT2D eigenvalue weighted by Crippen LogP contribution is 2.43. The molecule has 0 bridgehead atoms. The molecule has 1 aliphatic heterocycles. The minimum Gasteiger partial charge on any atom is -0.507 e. The molecule has 0 radical (unpaired) electrons. The van der Waals surface area contributed by atoms with Crippen molar-refractivity contribution in [1.82, 2.24) is 4.98 Å². The molecule has 2 heterocycles. The lowest BCUT2D eigenvalue weighted by Gasteiger charge is -2.26. The number of Topliss-reactive ketones (excluding diaryl/α,β-unsaturated/α-hetero) is 1. The third-order valence-corrected chi connectivity index (χ3v) is 5.16. The molecule has 0 aliphatic carbocycles. The Bertz CT molecular complexity index is 1260. The number of ketones is 1. The Morgan fingerprint density at radius 1 is 1.00 bits per heavy atom. The van der Waals surface area contributed by atoms with Gasteiger partial charge in [-0.15, -0.1) is 13.2 Å². The molecule has 1 N–H and O–H groups in total. The highest BCUT2D eigenvalue weighted by atomic mass is 19.4. The highest BCUT2D eigenvalue weighted by Gasteiger charge is 2.47. The molecule has 2 aromatic carbocycles. The number of nitrogens with zero attached hydrogens (tertiary/aromatic N) is 2. The smallest absolute Gasteiger partial charge is 0.507 e. The fourth-order valence-corrected chi connectivity index (χ4v) is 3.70. The minimum atomic E-state index is -4.88. The second-order valence-electron chi connectivity index (χ2n) is 7.22. The molecule has 1 aliphatic rings. The Morgan fingerprint density at radius 3 is 2.29 bits per heavy atom. The van der Waals surface area contributed by atoms with Gasteiger partial charge in [0.15, 0.2) is 0 Å². The number of aliphatic hydroxyl groups is 1. The second kappa shape index (κ2) is 8.89. The number of halogens is 3. The van der Waals surface area contributed by atoms with Crippen molar-refractivity contribution in [1.29, 1.82) is 0 Å². The van der Waals surface area contributed by atoms with Crippen LogP contribution < -0.4 is 14.4 Å². The average molecular weight is 470 g/mol. The first-order chi connectivity index (χ1) is 16.2. The Hall–Kier alpha value is -4.34. The summed E-state index contributed by atoms with van der Waals surface area (Å²) in [6, 6.07) is 13.0. The van der Waals surface area contributed by atoms with Crippen LogP contribution in [0.3, 0.4) is 0 Å². The zero-order valence-corrected chi connectivity index (χ0v) is 17.6. The zero-order valence-electron chi connectivity index (χ0n) is 17.6. The fraction of sp³-hybridized carbons (Fsp3) is 0.125. The van der Waals surface area contributed by atoms with Gasteiger partial charge in [0.25, 0.3) is 11.7 Å². The van der Waals surface area contributed by atoms with Crippen LogP contribution in [-0.2, 0) is 9.59 Å². The van der Waals surface area contributed by atoms with Gasteiger partial charge in [0.2, 0.25) is 0 Å². The lowest BCUT2D eigenvalue weighted by molar-refractivity contribution is -0.274. The van der Waals surface area contributed by atoms with Gasteiger partial charge in [-0.2, -0.15) is 0 Å². The number of benzene rings is 2. The maximum Gasteiger partial charge on any atom is 0.573 e. The van der Waals surface area contributed by atoms with E-state index in [9.17, 15) is 27.9 Å². The van der Waals surface area contributed by atoms with E-state index >= 15 is 0 Å². The van der Waals surface area contributed by atoms with Crippen molar-refractivity contribution in [3.63, 3.8) is 0 Å². The molecule has 10 heteroatoms. The van der Waals surface area contributed by atoms with Crippen molar-refractivity contribution in [3.8, 4) is 11.5 Å². The summed E-state index contributed by atoms with van der Waals surface area (Å²) in [6.45, 7) is 0. The standard InChI is InChI=1S/C24H17F3N2O5/c1-33-18-4-2-3-15(13-18)20-19(21(30)14-9-11-28-12-10-14)22(31)23(32)29(20)16-5-7-17(8-6-16)34-24(25,26)27/h2-13,20,30H,1H3/b21-19-. The van der Waals surface area contributed by atoms with Gasteiger partial charge >= 0.3 is 6.36 Å². The number of amides is 1. The maximum absolute atomic E-state index is 13.1. The number of aliphatic hydroxyl groups excluding tert-OH is 1. The van der Waals surface area contributed by atoms with Crippen LogP contribution in [0.1, 0.15) is 17.2 Å². The summed E-state index contributed by atoms with van der Waals surface area (Å²) < 4.78 is 46.7. The highest BCUT2D eigenvalue weighted by molar-refractivity contribution is 6.51. The van der Waals surface area contributed by atoms with Gasteiger partial charge in [0.1, 0.15) is 17.3 Å². The van der Waals surface area contributed by atoms with E-state index in [-0.39, 0.29) is 16.8 Å². The Kier molecular flexibility index (Phi) is 5.97. The normalized spacial score (nSPS) is 17.6. The van der Waals surface area contributed by atoms with Crippen LogP contribution in [-0.4, -0.2) is 35.3 Å². The van der Waals surface area contributed by atoms with E-state index in [0.717, 1.165) is 17.0 Å². The predicted molar refractivity (Wildman–Crippen MR) is 115 cm³/mol. The molecule has 174 valence electrons. The van der Waals surface area contributed by atoms with Crippen LogP contribution in [0.25, 0.3) is 5.76 Å². The van der Waals surface area contributed by atoms with Gasteiger partial charge in [-0.3, -0.25) is 19.5 Å². The van der Waals surface area contributed by atoms with Crippen molar-refractivity contribution in [3.05, 3.63) is 89.8 Å². The average Bonchev–Trinajstić information content (AvgIpc) is 3.09. The number of rotatable bonds is 5. The first kappa shape index (κ1) is 22.8. The third kappa shape index (κ3) is 4.42. The van der Waals surface area contributed by atoms with Crippen molar-refractivity contribution in [2.45, 2.75) is 12.4 Å². The van der Waals surface area contributed by atoms with Crippen molar-refractivity contribution >= 4 is 23.1 Å². The molecule has 1 fully saturated rings. The summed E-state index contributed by atoms with van der Waals surface area (Å²) in [7, 11) is 1.45. The Labute approximate surface area is 191 Å². The molecule has 1 saturated heterocycles. The van der Waals surface area contributed by atoms with Gasteiger partial charge in [0, 0.05) is 23.6 Å². The number of aromatic nitrogens is 1. The van der Waals surface area contributed by atoms with Gasteiger partial charge in [0.05, 0.1) is 18.7 Å². The predicted octanol–water partition coefficient (Wildman–Crippen LogP) is 4.62. The Balaban J connectivity index is 1.86. The van der Waals surface area contributed by atoms with Crippen molar-refractivity contribution in [2.24, 2.45) is 0 Å². The van der Waals surface area contributed by atoms with E-state index in [0.29, 0.717) is 11.3 Å². The number of hydrogen-bond donors (Lipinski definition) is 1. The topological polar surface area (TPSA) is 89.0 Å². The summed E-state index contributed by atoms with van der Waals surface area (Å²) in [5.41, 5.74) is 0.679. The lowest BCUT2D eigenvalue weighted by Crippen LogP contribution is -2.29. The SMILES string of the molecule is COc1cccc(C2/C(=C(/O)c3ccncc3)C(=O)C(=O)N2c2ccc(OC(F)(F)F)cc2)c1. The first-order valence-electron chi connectivity index (χ1n) is 9.91. The van der Waals surface area contributed by atoms with Crippen LogP contribution >= 0.6 is 0 Å². The second-order valence-corrected chi connectivity index (χ2v) is 7.22. The molecular weight excluding hydrogens is 453 g/mol. The molecule has 34 heavy (non-hydrogen) atoms. The number of hydrogen-bond acceptors (Lipinski definition) is 6. The van der Waals surface area contributed by atoms with Gasteiger partial charge in [-0.25, -0.2) is 0 Å². The number of alkyl halides is 3. The van der Waals surface area contributed by atoms with E-state index in [4.69, 9.17) is 4.74 Å².